The molecule has 8 heteroatoms. The summed E-state index contributed by atoms with van der Waals surface area (Å²) in [6.45, 7) is 2.66. The molecule has 2 N–H and O–H groups in total. The minimum atomic E-state index is 0.329. The molecule has 2 aliphatic heterocycles. The first-order valence-electron chi connectivity index (χ1n) is 8.98. The third-order valence-electron chi connectivity index (χ3n) is 4.55. The summed E-state index contributed by atoms with van der Waals surface area (Å²) in [5, 5.41) is 10.2. The predicted molar refractivity (Wildman–Crippen MR) is 112 cm³/mol. The van der Waals surface area contributed by atoms with E-state index in [1.807, 2.05) is 31.2 Å². The van der Waals surface area contributed by atoms with Crippen LogP contribution in [-0.4, -0.2) is 31.9 Å². The molecule has 0 aromatic heterocycles. The lowest BCUT2D eigenvalue weighted by Gasteiger charge is -2.14. The van der Waals surface area contributed by atoms with Crippen LogP contribution in [0.1, 0.15) is 23.6 Å². The van der Waals surface area contributed by atoms with Crippen molar-refractivity contribution in [2.45, 2.75) is 6.92 Å². The van der Waals surface area contributed by atoms with Crippen LogP contribution in [0.3, 0.4) is 0 Å². The van der Waals surface area contributed by atoms with Gasteiger partial charge in [0.1, 0.15) is 24.1 Å². The van der Waals surface area contributed by atoms with Crippen molar-refractivity contribution in [2.75, 3.05) is 20.3 Å². The number of nitriles is 1. The van der Waals surface area contributed by atoms with E-state index in [9.17, 15) is 5.26 Å². The number of hydrogen-bond donors (Lipinski definition) is 2. The lowest BCUT2D eigenvalue weighted by molar-refractivity contribution is 0.146. The average Bonchev–Trinajstić information content (AvgIpc) is 2.98. The van der Waals surface area contributed by atoms with E-state index in [1.165, 1.54) is 0 Å². The second kappa shape index (κ2) is 7.95. The number of hydrogen-bond acceptors (Lipinski definition) is 7. The van der Waals surface area contributed by atoms with Crippen molar-refractivity contribution < 1.29 is 9.47 Å². The summed E-state index contributed by atoms with van der Waals surface area (Å²) in [6.07, 6.45) is 0. The number of aliphatic imine (C=N–C) groups is 2. The van der Waals surface area contributed by atoms with Gasteiger partial charge < -0.3 is 14.9 Å². The number of rotatable bonds is 5. The third-order valence-corrected chi connectivity index (χ3v) is 4.88. The molecule has 0 aliphatic carbocycles. The number of hydrazine groups is 1. The van der Waals surface area contributed by atoms with Gasteiger partial charge in [0, 0.05) is 29.3 Å². The van der Waals surface area contributed by atoms with E-state index in [1.54, 1.807) is 19.2 Å². The molecule has 0 unspecified atom stereocenters. The van der Waals surface area contributed by atoms with Crippen molar-refractivity contribution in [3.8, 4) is 11.8 Å². The Balaban J connectivity index is 1.93. The van der Waals surface area contributed by atoms with E-state index in [-0.39, 0.29) is 0 Å². The van der Waals surface area contributed by atoms with Gasteiger partial charge in [0.05, 0.1) is 29.3 Å². The maximum Gasteiger partial charge on any atom is 0.173 e. The predicted octanol–water partition coefficient (Wildman–Crippen LogP) is 3.46. The molecule has 0 bridgehead atoms. The van der Waals surface area contributed by atoms with Gasteiger partial charge in [-0.3, -0.25) is 5.43 Å². The van der Waals surface area contributed by atoms with E-state index in [4.69, 9.17) is 31.1 Å². The standard InChI is InChI=1S/C21H18ClN5O2/c1-12-19-21(27-26-12)24-17-10-18(29-8-7-28-2)13(11-23)9-15(17)20(25-19)14-5-3-4-6-16(14)22/h3-6,9-10H,7-8H2,1-2H3,(H2,24,26,27). The van der Waals surface area contributed by atoms with Gasteiger partial charge in [-0.2, -0.15) is 5.26 Å². The van der Waals surface area contributed by atoms with Crippen molar-refractivity contribution in [2.24, 2.45) is 9.98 Å². The van der Waals surface area contributed by atoms with Crippen molar-refractivity contribution in [1.82, 2.24) is 10.9 Å². The molecular weight excluding hydrogens is 390 g/mol. The molecule has 2 aromatic carbocycles. The van der Waals surface area contributed by atoms with Gasteiger partial charge in [0.15, 0.2) is 5.84 Å². The number of nitrogens with one attached hydrogen (secondary N) is 2. The van der Waals surface area contributed by atoms with Crippen molar-refractivity contribution in [1.29, 1.82) is 5.26 Å². The highest BCUT2D eigenvalue weighted by atomic mass is 35.5. The van der Waals surface area contributed by atoms with Crippen molar-refractivity contribution in [3.63, 3.8) is 0 Å². The Bertz CT molecular complexity index is 1110. The molecule has 7 nitrogen and oxygen atoms in total. The van der Waals surface area contributed by atoms with Crippen LogP contribution in [0.2, 0.25) is 5.02 Å². The largest absolute Gasteiger partial charge is 0.490 e. The summed E-state index contributed by atoms with van der Waals surface area (Å²) >= 11 is 6.48. The second-order valence-electron chi connectivity index (χ2n) is 6.44. The maximum atomic E-state index is 9.67. The van der Waals surface area contributed by atoms with Crippen LogP contribution in [0.15, 0.2) is 57.8 Å². The fraction of sp³-hybridized carbons (Fsp3) is 0.190. The Labute approximate surface area is 173 Å². The van der Waals surface area contributed by atoms with Gasteiger partial charge in [-0.15, -0.1) is 0 Å². The quantitative estimate of drug-likeness (QED) is 0.740. The van der Waals surface area contributed by atoms with Crippen LogP contribution in [0.25, 0.3) is 0 Å². The first kappa shape index (κ1) is 19.0. The topological polar surface area (TPSA) is 91.0 Å². The number of halogens is 1. The number of allylic oxidation sites excluding steroid dienone is 1. The third kappa shape index (κ3) is 3.56. The molecule has 4 rings (SSSR count). The molecule has 0 amide bonds. The first-order valence-corrected chi connectivity index (χ1v) is 9.36. The zero-order valence-electron chi connectivity index (χ0n) is 15.9. The molecular formula is C21H18ClN5O2. The number of methoxy groups -OCH3 is 1. The average molecular weight is 408 g/mol. The molecule has 29 heavy (non-hydrogen) atoms. The lowest BCUT2D eigenvalue weighted by Crippen LogP contribution is -2.27. The molecule has 0 atom stereocenters. The summed E-state index contributed by atoms with van der Waals surface area (Å²) < 4.78 is 10.8. The van der Waals surface area contributed by atoms with E-state index >= 15 is 0 Å². The Kier molecular flexibility index (Phi) is 5.21. The highest BCUT2D eigenvalue weighted by Crippen LogP contribution is 2.36. The van der Waals surface area contributed by atoms with Crippen molar-refractivity contribution >= 4 is 28.8 Å². The van der Waals surface area contributed by atoms with Crippen LogP contribution >= 0.6 is 11.6 Å². The van der Waals surface area contributed by atoms with Gasteiger partial charge in [-0.1, -0.05) is 29.8 Å². The second-order valence-corrected chi connectivity index (χ2v) is 6.85. The summed E-state index contributed by atoms with van der Waals surface area (Å²) in [5.74, 6) is 1.04. The fourth-order valence-electron chi connectivity index (χ4n) is 3.11. The fourth-order valence-corrected chi connectivity index (χ4v) is 3.34. The molecule has 0 saturated carbocycles. The summed E-state index contributed by atoms with van der Waals surface area (Å²) in [6, 6.07) is 13.2. The zero-order valence-corrected chi connectivity index (χ0v) is 16.7. The highest BCUT2D eigenvalue weighted by Gasteiger charge is 2.26. The zero-order chi connectivity index (χ0) is 20.4. The van der Waals surface area contributed by atoms with Crippen LogP contribution < -0.4 is 15.6 Å². The molecule has 2 aromatic rings. The lowest BCUT2D eigenvalue weighted by atomic mass is 9.98. The normalized spacial score (nSPS) is 14.6. The number of ether oxygens (including phenoxy) is 2. The van der Waals surface area contributed by atoms with Gasteiger partial charge in [-0.05, 0) is 19.1 Å². The molecule has 0 fully saturated rings. The number of fused-ring (bicyclic) bond motifs is 2. The molecule has 2 aliphatic rings. The number of benzene rings is 2. The molecule has 146 valence electrons. The van der Waals surface area contributed by atoms with Crippen molar-refractivity contribution in [3.05, 3.63) is 69.5 Å². The summed E-state index contributed by atoms with van der Waals surface area (Å²) in [4.78, 5) is 9.59. The van der Waals surface area contributed by atoms with Gasteiger partial charge >= 0.3 is 0 Å². The maximum absolute atomic E-state index is 9.67. The van der Waals surface area contributed by atoms with E-state index < -0.39 is 0 Å². The Morgan fingerprint density at radius 1 is 1.10 bits per heavy atom. The van der Waals surface area contributed by atoms with Crippen LogP contribution in [-0.2, 0) is 4.74 Å². The minimum absolute atomic E-state index is 0.329. The van der Waals surface area contributed by atoms with Gasteiger partial charge in [0.2, 0.25) is 0 Å². The number of amidine groups is 1. The Morgan fingerprint density at radius 2 is 1.93 bits per heavy atom. The highest BCUT2D eigenvalue weighted by molar-refractivity contribution is 6.36. The number of nitrogens with zero attached hydrogens (tertiary/aromatic N) is 3. The van der Waals surface area contributed by atoms with Crippen LogP contribution in [0.5, 0.6) is 5.75 Å². The van der Waals surface area contributed by atoms with E-state index in [0.717, 1.165) is 11.3 Å². The molecule has 0 saturated heterocycles. The molecule has 0 spiro atoms. The smallest absolute Gasteiger partial charge is 0.173 e. The van der Waals surface area contributed by atoms with E-state index in [0.29, 0.717) is 58.0 Å². The molecule has 0 radical (unpaired) electrons. The summed E-state index contributed by atoms with van der Waals surface area (Å²) in [7, 11) is 1.60. The Morgan fingerprint density at radius 3 is 2.69 bits per heavy atom. The monoisotopic (exact) mass is 407 g/mol. The van der Waals surface area contributed by atoms with Crippen LogP contribution in [0.4, 0.5) is 5.69 Å². The molecule has 2 heterocycles. The first-order chi connectivity index (χ1) is 14.1. The van der Waals surface area contributed by atoms with Gasteiger partial charge in [0.25, 0.3) is 0 Å². The SMILES string of the molecule is COCCOc1cc2c(cc1C#N)C(c1ccccc1Cl)=NC1=C(C)NNC1=N2. The minimum Gasteiger partial charge on any atom is -0.490 e. The van der Waals surface area contributed by atoms with E-state index in [2.05, 4.69) is 16.9 Å². The van der Waals surface area contributed by atoms with Gasteiger partial charge in [-0.25, -0.2) is 9.98 Å². The Hall–Kier alpha value is -3.34. The van der Waals surface area contributed by atoms with Crippen LogP contribution in [0, 0.1) is 11.3 Å². The summed E-state index contributed by atoms with van der Waals surface area (Å²) in [5.41, 5.74) is 10.7.